The Bertz CT molecular complexity index is 1110. The van der Waals surface area contributed by atoms with Gasteiger partial charge in [-0.15, -0.1) is 0 Å². The summed E-state index contributed by atoms with van der Waals surface area (Å²) in [7, 11) is 0. The number of rotatable bonds is 15. The van der Waals surface area contributed by atoms with Gasteiger partial charge in [-0.1, -0.05) is 99.7 Å². The molecule has 0 aliphatic heterocycles. The average Bonchev–Trinajstić information content (AvgIpc) is 2.90. The average molecular weight is 491 g/mol. The molecule has 3 aromatic rings. The monoisotopic (exact) mass is 490 g/mol. The van der Waals surface area contributed by atoms with E-state index in [-0.39, 0.29) is 12.0 Å². The van der Waals surface area contributed by atoms with E-state index >= 15 is 0 Å². The molecule has 0 amide bonds. The molecule has 0 radical (unpaired) electrons. The maximum absolute atomic E-state index is 12.8. The highest BCUT2D eigenvalue weighted by Crippen LogP contribution is 2.14. The van der Waals surface area contributed by atoms with Gasteiger partial charge in [0.2, 0.25) is 5.43 Å². The highest BCUT2D eigenvalue weighted by molar-refractivity contribution is 5.75. The van der Waals surface area contributed by atoms with Gasteiger partial charge in [0.15, 0.2) is 5.75 Å². The number of hydrogen-bond acceptors (Lipinski definition) is 5. The van der Waals surface area contributed by atoms with Gasteiger partial charge in [-0.05, 0) is 24.0 Å². The summed E-state index contributed by atoms with van der Waals surface area (Å²) < 4.78 is 13.3. The molecule has 0 saturated carbocycles. The summed E-state index contributed by atoms with van der Waals surface area (Å²) in [6.07, 6.45) is 9.09. The third-order valence-corrected chi connectivity index (χ3v) is 6.14. The Morgan fingerprint density at radius 1 is 0.889 bits per heavy atom. The molecule has 0 saturated heterocycles. The quantitative estimate of drug-likeness (QED) is 0.228. The zero-order valence-corrected chi connectivity index (χ0v) is 21.2. The van der Waals surface area contributed by atoms with Crippen LogP contribution in [0.5, 0.6) is 5.75 Å². The molecular formula is C30H38N2O4. The Morgan fingerprint density at radius 2 is 1.53 bits per heavy atom. The summed E-state index contributed by atoms with van der Waals surface area (Å²) in [6.45, 7) is 3.23. The molecule has 2 N–H and O–H groups in total. The van der Waals surface area contributed by atoms with E-state index in [0.29, 0.717) is 24.5 Å². The molecule has 6 nitrogen and oxygen atoms in total. The predicted molar refractivity (Wildman–Crippen MR) is 143 cm³/mol. The molecule has 0 unspecified atom stereocenters. The van der Waals surface area contributed by atoms with Gasteiger partial charge in [-0.3, -0.25) is 9.59 Å². The molecule has 1 aromatic heterocycles. The number of unbranched alkanes of at least 4 members (excludes halogenated alkanes) is 5. The first-order valence-corrected chi connectivity index (χ1v) is 12.9. The van der Waals surface area contributed by atoms with E-state index < -0.39 is 12.0 Å². The van der Waals surface area contributed by atoms with Crippen molar-refractivity contribution >= 4 is 5.97 Å². The Kier molecular flexibility index (Phi) is 11.3. The zero-order valence-electron chi connectivity index (χ0n) is 21.2. The molecule has 0 aliphatic carbocycles. The smallest absolute Gasteiger partial charge is 0.323 e. The van der Waals surface area contributed by atoms with Crippen LogP contribution < -0.4 is 15.9 Å². The number of esters is 1. The lowest BCUT2D eigenvalue weighted by molar-refractivity contribution is -0.146. The molecule has 6 heteroatoms. The highest BCUT2D eigenvalue weighted by Gasteiger charge is 2.17. The van der Waals surface area contributed by atoms with Crippen LogP contribution in [0.4, 0.5) is 0 Å². The van der Waals surface area contributed by atoms with Crippen molar-refractivity contribution in [2.75, 3.05) is 0 Å². The van der Waals surface area contributed by atoms with Crippen LogP contribution in [0, 0.1) is 0 Å². The fraction of sp³-hybridized carbons (Fsp3) is 0.400. The molecular weight excluding hydrogens is 452 g/mol. The standard InChI is InChI=1S/C30H38N2O4/c1-2-3-4-5-6-13-18-32-21-29(35-22-25-16-11-8-12-17-25)28(33)20-26(32)23-36-30(34)27(31)19-24-14-9-7-10-15-24/h7-12,14-17,20-21,27H,2-6,13,18-19,22-23,31H2,1H3/t27-/m0/s1. The second-order valence-corrected chi connectivity index (χ2v) is 9.13. The van der Waals surface area contributed by atoms with E-state index in [1.54, 1.807) is 6.20 Å². The Hall–Kier alpha value is -3.38. The number of nitrogens with two attached hydrogens (primary N) is 1. The van der Waals surface area contributed by atoms with Crippen molar-refractivity contribution < 1.29 is 14.3 Å². The number of carbonyl (C=O) groups is 1. The van der Waals surface area contributed by atoms with Crippen molar-refractivity contribution in [3.8, 4) is 5.75 Å². The first kappa shape index (κ1) is 27.2. The number of nitrogens with zero attached hydrogens (tertiary/aromatic N) is 1. The number of aryl methyl sites for hydroxylation is 1. The molecule has 36 heavy (non-hydrogen) atoms. The molecule has 0 aliphatic rings. The van der Waals surface area contributed by atoms with Crippen molar-refractivity contribution in [3.05, 3.63) is 100.0 Å². The maximum atomic E-state index is 12.8. The Morgan fingerprint density at radius 3 is 2.22 bits per heavy atom. The fourth-order valence-corrected chi connectivity index (χ4v) is 4.04. The first-order chi connectivity index (χ1) is 17.6. The number of benzene rings is 2. The van der Waals surface area contributed by atoms with E-state index in [0.717, 1.165) is 30.5 Å². The number of aromatic nitrogens is 1. The van der Waals surface area contributed by atoms with Gasteiger partial charge in [0.25, 0.3) is 0 Å². The van der Waals surface area contributed by atoms with Gasteiger partial charge in [-0.2, -0.15) is 0 Å². The molecule has 1 atom stereocenters. The van der Waals surface area contributed by atoms with Gasteiger partial charge < -0.3 is 19.8 Å². The minimum absolute atomic E-state index is 0.00857. The number of hydrogen-bond donors (Lipinski definition) is 1. The van der Waals surface area contributed by atoms with Crippen LogP contribution in [-0.2, 0) is 35.7 Å². The topological polar surface area (TPSA) is 83.5 Å². The van der Waals surface area contributed by atoms with Crippen LogP contribution in [0.3, 0.4) is 0 Å². The first-order valence-electron chi connectivity index (χ1n) is 12.9. The summed E-state index contributed by atoms with van der Waals surface area (Å²) in [6, 6.07) is 20.1. The van der Waals surface area contributed by atoms with Crippen LogP contribution in [0.15, 0.2) is 77.7 Å². The van der Waals surface area contributed by atoms with E-state index in [2.05, 4.69) is 6.92 Å². The Balaban J connectivity index is 1.65. The van der Waals surface area contributed by atoms with Gasteiger partial charge in [0.1, 0.15) is 19.3 Å². The van der Waals surface area contributed by atoms with Crippen LogP contribution in [0.2, 0.25) is 0 Å². The summed E-state index contributed by atoms with van der Waals surface area (Å²) >= 11 is 0. The summed E-state index contributed by atoms with van der Waals surface area (Å²) in [5.41, 5.74) is 8.45. The van der Waals surface area contributed by atoms with E-state index in [9.17, 15) is 9.59 Å². The summed E-state index contributed by atoms with van der Waals surface area (Å²) in [4.78, 5) is 25.3. The zero-order chi connectivity index (χ0) is 25.6. The summed E-state index contributed by atoms with van der Waals surface area (Å²) in [5.74, 6) is -0.192. The molecule has 0 bridgehead atoms. The van der Waals surface area contributed by atoms with E-state index in [4.69, 9.17) is 15.2 Å². The minimum Gasteiger partial charge on any atom is -0.483 e. The van der Waals surface area contributed by atoms with Crippen molar-refractivity contribution in [2.45, 2.75) is 77.7 Å². The molecule has 2 aromatic carbocycles. The SMILES string of the molecule is CCCCCCCCn1cc(OCc2ccccc2)c(=O)cc1COC(=O)[C@@H](N)Cc1ccccc1. The second-order valence-electron chi connectivity index (χ2n) is 9.13. The normalized spacial score (nSPS) is 11.7. The molecule has 192 valence electrons. The van der Waals surface area contributed by atoms with E-state index in [1.807, 2.05) is 65.2 Å². The van der Waals surface area contributed by atoms with Crippen molar-refractivity contribution in [2.24, 2.45) is 5.73 Å². The number of ether oxygens (including phenoxy) is 2. The van der Waals surface area contributed by atoms with Crippen LogP contribution in [-0.4, -0.2) is 16.6 Å². The lowest BCUT2D eigenvalue weighted by Crippen LogP contribution is -2.34. The summed E-state index contributed by atoms with van der Waals surface area (Å²) in [5, 5.41) is 0. The Labute approximate surface area is 214 Å². The van der Waals surface area contributed by atoms with Gasteiger partial charge >= 0.3 is 5.97 Å². The third kappa shape index (κ3) is 9.00. The molecule has 0 spiro atoms. The fourth-order valence-electron chi connectivity index (χ4n) is 4.04. The maximum Gasteiger partial charge on any atom is 0.323 e. The molecule has 0 fully saturated rings. The van der Waals surface area contributed by atoms with Crippen molar-refractivity contribution in [1.29, 1.82) is 0 Å². The van der Waals surface area contributed by atoms with E-state index in [1.165, 1.54) is 31.7 Å². The second kappa shape index (κ2) is 14.9. The van der Waals surface area contributed by atoms with Crippen LogP contribution in [0.25, 0.3) is 0 Å². The molecule has 3 rings (SSSR count). The number of carbonyl (C=O) groups excluding carboxylic acids is 1. The highest BCUT2D eigenvalue weighted by atomic mass is 16.5. The largest absolute Gasteiger partial charge is 0.483 e. The minimum atomic E-state index is -0.764. The van der Waals surface area contributed by atoms with Crippen LogP contribution >= 0.6 is 0 Å². The number of pyridine rings is 1. The van der Waals surface area contributed by atoms with Crippen molar-refractivity contribution in [3.63, 3.8) is 0 Å². The van der Waals surface area contributed by atoms with Gasteiger partial charge in [0.05, 0.1) is 11.9 Å². The third-order valence-electron chi connectivity index (χ3n) is 6.14. The lowest BCUT2D eigenvalue weighted by Gasteiger charge is -2.17. The molecule has 1 heterocycles. The predicted octanol–water partition coefficient (Wildman–Crippen LogP) is 5.40. The van der Waals surface area contributed by atoms with Crippen LogP contribution in [0.1, 0.15) is 62.3 Å². The lowest BCUT2D eigenvalue weighted by atomic mass is 10.1. The van der Waals surface area contributed by atoms with Gasteiger partial charge in [0, 0.05) is 12.6 Å². The van der Waals surface area contributed by atoms with Gasteiger partial charge in [-0.25, -0.2) is 0 Å². The van der Waals surface area contributed by atoms with Crippen molar-refractivity contribution in [1.82, 2.24) is 4.57 Å².